The smallest absolute Gasteiger partial charge is 0.111 e. The van der Waals surface area contributed by atoms with E-state index < -0.39 is 18.3 Å². The molecule has 1 aliphatic carbocycles. The summed E-state index contributed by atoms with van der Waals surface area (Å²) < 4.78 is 5.21. The van der Waals surface area contributed by atoms with E-state index >= 15 is 0 Å². The minimum absolute atomic E-state index is 0.00618. The number of aliphatic hydroxyl groups is 3. The second kappa shape index (κ2) is 5.47. The summed E-state index contributed by atoms with van der Waals surface area (Å²) in [6.45, 7) is 1.82. The first-order valence-corrected chi connectivity index (χ1v) is 5.13. The third-order valence-electron chi connectivity index (χ3n) is 3.01. The second-order valence-electron chi connectivity index (χ2n) is 4.12. The van der Waals surface area contributed by atoms with E-state index in [9.17, 15) is 10.2 Å². The lowest BCUT2D eigenvalue weighted by molar-refractivity contribution is -0.158. The van der Waals surface area contributed by atoms with Crippen LogP contribution in [0.2, 0.25) is 0 Å². The van der Waals surface area contributed by atoms with Gasteiger partial charge in [0, 0.05) is 12.5 Å². The molecule has 1 fully saturated rings. The maximum absolute atomic E-state index is 9.83. The molecule has 1 rings (SSSR count). The number of hydrogen-bond acceptors (Lipinski definition) is 4. The van der Waals surface area contributed by atoms with Gasteiger partial charge in [0.2, 0.25) is 0 Å². The number of terminal acetylenes is 1. The van der Waals surface area contributed by atoms with Crippen LogP contribution < -0.4 is 0 Å². The molecule has 15 heavy (non-hydrogen) atoms. The van der Waals surface area contributed by atoms with Crippen LogP contribution in [0, 0.1) is 24.2 Å². The van der Waals surface area contributed by atoms with Crippen LogP contribution in [0.15, 0.2) is 0 Å². The van der Waals surface area contributed by atoms with Crippen molar-refractivity contribution in [1.82, 2.24) is 0 Å². The Morgan fingerprint density at radius 1 is 1.40 bits per heavy atom. The molecule has 0 aliphatic heterocycles. The molecule has 0 heterocycles. The molecule has 0 aromatic heterocycles. The van der Waals surface area contributed by atoms with Gasteiger partial charge >= 0.3 is 0 Å². The summed E-state index contributed by atoms with van der Waals surface area (Å²) >= 11 is 0. The Balaban J connectivity index is 2.67. The molecule has 1 saturated carbocycles. The van der Waals surface area contributed by atoms with Crippen LogP contribution in [0.4, 0.5) is 0 Å². The molecule has 0 radical (unpaired) electrons. The number of aliphatic hydroxyl groups excluding tert-OH is 3. The minimum atomic E-state index is -0.852. The van der Waals surface area contributed by atoms with Gasteiger partial charge in [-0.2, -0.15) is 0 Å². The first kappa shape index (κ1) is 12.5. The molecular weight excluding hydrogens is 196 g/mol. The molecule has 4 nitrogen and oxygen atoms in total. The Hall–Kier alpha value is -0.600. The molecule has 0 bridgehead atoms. The van der Waals surface area contributed by atoms with E-state index in [0.29, 0.717) is 6.42 Å². The lowest BCUT2D eigenvalue weighted by atomic mass is 9.77. The summed E-state index contributed by atoms with van der Waals surface area (Å²) in [5.41, 5.74) is 0. The summed E-state index contributed by atoms with van der Waals surface area (Å²) in [6, 6.07) is 0. The van der Waals surface area contributed by atoms with Gasteiger partial charge in [-0.25, -0.2) is 0 Å². The average molecular weight is 214 g/mol. The van der Waals surface area contributed by atoms with Gasteiger partial charge in [-0.05, 0) is 12.3 Å². The highest BCUT2D eigenvalue weighted by molar-refractivity contribution is 4.93. The van der Waals surface area contributed by atoms with Crippen molar-refractivity contribution in [2.24, 2.45) is 11.8 Å². The van der Waals surface area contributed by atoms with Crippen molar-refractivity contribution in [3.05, 3.63) is 0 Å². The number of hydrogen-bond donors (Lipinski definition) is 3. The molecule has 0 saturated heterocycles. The van der Waals surface area contributed by atoms with Gasteiger partial charge in [-0.3, -0.25) is 0 Å². The van der Waals surface area contributed by atoms with Crippen molar-refractivity contribution in [1.29, 1.82) is 0 Å². The molecule has 0 aromatic rings. The first-order chi connectivity index (χ1) is 7.11. The SMILES string of the molecule is C#CCOC1C(O)C(C)CC(CO)C1O. The summed E-state index contributed by atoms with van der Waals surface area (Å²) in [7, 11) is 0. The molecule has 4 heteroatoms. The maximum atomic E-state index is 9.83. The van der Waals surface area contributed by atoms with Gasteiger partial charge in [-0.1, -0.05) is 12.8 Å². The highest BCUT2D eigenvalue weighted by Gasteiger charge is 2.41. The van der Waals surface area contributed by atoms with Crippen LogP contribution in [0.1, 0.15) is 13.3 Å². The van der Waals surface area contributed by atoms with E-state index in [1.54, 1.807) is 0 Å². The highest BCUT2D eigenvalue weighted by atomic mass is 16.5. The fourth-order valence-corrected chi connectivity index (χ4v) is 2.07. The van der Waals surface area contributed by atoms with E-state index in [2.05, 4.69) is 5.92 Å². The Labute approximate surface area is 89.9 Å². The van der Waals surface area contributed by atoms with Crippen LogP contribution in [0.5, 0.6) is 0 Å². The molecule has 3 N–H and O–H groups in total. The van der Waals surface area contributed by atoms with Gasteiger partial charge in [0.25, 0.3) is 0 Å². The predicted molar refractivity (Wildman–Crippen MR) is 54.9 cm³/mol. The van der Waals surface area contributed by atoms with Crippen LogP contribution in [-0.2, 0) is 4.74 Å². The minimum Gasteiger partial charge on any atom is -0.396 e. The van der Waals surface area contributed by atoms with Crippen molar-refractivity contribution in [3.63, 3.8) is 0 Å². The van der Waals surface area contributed by atoms with E-state index in [1.165, 1.54) is 0 Å². The average Bonchev–Trinajstić information content (AvgIpc) is 2.23. The maximum Gasteiger partial charge on any atom is 0.111 e. The monoisotopic (exact) mass is 214 g/mol. The normalized spacial score (nSPS) is 41.1. The fourth-order valence-electron chi connectivity index (χ4n) is 2.07. The van der Waals surface area contributed by atoms with Crippen molar-refractivity contribution in [2.75, 3.05) is 13.2 Å². The summed E-state index contributed by atoms with van der Waals surface area (Å²) in [6.07, 6.45) is 3.37. The predicted octanol–water partition coefficient (Wildman–Crippen LogP) is -0.625. The van der Waals surface area contributed by atoms with E-state index in [-0.39, 0.29) is 25.0 Å². The van der Waals surface area contributed by atoms with Crippen molar-refractivity contribution in [3.8, 4) is 12.3 Å². The van der Waals surface area contributed by atoms with Crippen molar-refractivity contribution in [2.45, 2.75) is 31.7 Å². The molecule has 1 aliphatic rings. The van der Waals surface area contributed by atoms with Gasteiger partial charge in [0.05, 0.1) is 12.2 Å². The Morgan fingerprint density at radius 2 is 2.07 bits per heavy atom. The van der Waals surface area contributed by atoms with Crippen LogP contribution in [0.3, 0.4) is 0 Å². The largest absolute Gasteiger partial charge is 0.396 e. The Bertz CT molecular complexity index is 235. The first-order valence-electron chi connectivity index (χ1n) is 5.13. The quantitative estimate of drug-likeness (QED) is 0.547. The molecule has 86 valence electrons. The third kappa shape index (κ3) is 2.70. The Morgan fingerprint density at radius 3 is 2.60 bits per heavy atom. The molecule has 0 spiro atoms. The van der Waals surface area contributed by atoms with Crippen LogP contribution >= 0.6 is 0 Å². The molecule has 5 atom stereocenters. The van der Waals surface area contributed by atoms with E-state index in [1.807, 2.05) is 6.92 Å². The van der Waals surface area contributed by atoms with E-state index in [0.717, 1.165) is 0 Å². The third-order valence-corrected chi connectivity index (χ3v) is 3.01. The highest BCUT2D eigenvalue weighted by Crippen LogP contribution is 2.31. The zero-order chi connectivity index (χ0) is 11.4. The van der Waals surface area contributed by atoms with E-state index in [4.69, 9.17) is 16.3 Å². The summed E-state index contributed by atoms with van der Waals surface area (Å²) in [5.74, 6) is 2.05. The standard InChI is InChI=1S/C11H18O4/c1-3-4-15-11-9(13)7(2)5-8(6-12)10(11)14/h1,7-14H,4-6H2,2H3. The van der Waals surface area contributed by atoms with Crippen molar-refractivity contribution < 1.29 is 20.1 Å². The summed E-state index contributed by atoms with van der Waals surface area (Å²) in [4.78, 5) is 0. The molecular formula is C11H18O4. The molecule has 5 unspecified atom stereocenters. The lowest BCUT2D eigenvalue weighted by Crippen LogP contribution is -2.52. The summed E-state index contributed by atoms with van der Waals surface area (Å²) in [5, 5.41) is 28.7. The number of ether oxygens (including phenoxy) is 1. The second-order valence-corrected chi connectivity index (χ2v) is 4.12. The van der Waals surface area contributed by atoms with Crippen LogP contribution in [-0.4, -0.2) is 46.8 Å². The van der Waals surface area contributed by atoms with Crippen LogP contribution in [0.25, 0.3) is 0 Å². The lowest BCUT2D eigenvalue weighted by Gasteiger charge is -2.40. The van der Waals surface area contributed by atoms with Crippen molar-refractivity contribution >= 4 is 0 Å². The van der Waals surface area contributed by atoms with Gasteiger partial charge in [-0.15, -0.1) is 6.42 Å². The van der Waals surface area contributed by atoms with Gasteiger partial charge < -0.3 is 20.1 Å². The van der Waals surface area contributed by atoms with Gasteiger partial charge in [0.15, 0.2) is 0 Å². The number of rotatable bonds is 3. The zero-order valence-electron chi connectivity index (χ0n) is 8.84. The fraction of sp³-hybridized carbons (Fsp3) is 0.818. The van der Waals surface area contributed by atoms with Gasteiger partial charge in [0.1, 0.15) is 12.7 Å². The topological polar surface area (TPSA) is 69.9 Å². The molecule has 0 aromatic carbocycles. The Kier molecular flexibility index (Phi) is 4.55. The zero-order valence-corrected chi connectivity index (χ0v) is 8.84. The molecule has 0 amide bonds.